The maximum Gasteiger partial charge on any atom is 0.167 e. The Labute approximate surface area is 110 Å². The zero-order valence-corrected chi connectivity index (χ0v) is 11.1. The molecule has 0 bridgehead atoms. The number of benzene rings is 1. The highest BCUT2D eigenvalue weighted by Gasteiger charge is 2.20. The van der Waals surface area contributed by atoms with E-state index in [-0.39, 0.29) is 5.75 Å². The fraction of sp³-hybridized carbons (Fsp3) is 0.385. The summed E-state index contributed by atoms with van der Waals surface area (Å²) >= 11 is 0. The van der Waals surface area contributed by atoms with E-state index in [1.165, 1.54) is 10.7 Å². The van der Waals surface area contributed by atoms with Crippen LogP contribution in [0.25, 0.3) is 5.69 Å². The number of aromatic nitrogens is 3. The SMILES string of the molecule is CCOc1ccc(-n2cc(C(C)(C)O)nn2)cc1F. The molecular weight excluding hydrogens is 249 g/mol. The van der Waals surface area contributed by atoms with Gasteiger partial charge >= 0.3 is 0 Å². The third-order valence-corrected chi connectivity index (χ3v) is 2.60. The van der Waals surface area contributed by atoms with Crippen molar-refractivity contribution in [3.63, 3.8) is 0 Å². The van der Waals surface area contributed by atoms with Crippen molar-refractivity contribution in [3.05, 3.63) is 35.9 Å². The number of ether oxygens (including phenoxy) is 1. The summed E-state index contributed by atoms with van der Waals surface area (Å²) in [6.07, 6.45) is 1.56. The number of hydrogen-bond acceptors (Lipinski definition) is 4. The first-order valence-corrected chi connectivity index (χ1v) is 5.99. The van der Waals surface area contributed by atoms with Crippen LogP contribution in [0.5, 0.6) is 5.75 Å². The van der Waals surface area contributed by atoms with Gasteiger partial charge in [0.2, 0.25) is 0 Å². The predicted octanol–water partition coefficient (Wildman–Crippen LogP) is 2.03. The number of halogens is 1. The fourth-order valence-corrected chi connectivity index (χ4v) is 1.58. The molecule has 5 nitrogen and oxygen atoms in total. The van der Waals surface area contributed by atoms with Crippen molar-refractivity contribution >= 4 is 0 Å². The summed E-state index contributed by atoms with van der Waals surface area (Å²) in [5, 5.41) is 17.5. The first-order chi connectivity index (χ1) is 8.91. The molecule has 0 saturated heterocycles. The molecule has 1 aromatic heterocycles. The molecule has 2 aromatic rings. The minimum atomic E-state index is -1.08. The number of aliphatic hydroxyl groups is 1. The van der Waals surface area contributed by atoms with Gasteiger partial charge in [-0.25, -0.2) is 9.07 Å². The Bertz CT molecular complexity index is 576. The highest BCUT2D eigenvalue weighted by molar-refractivity contribution is 5.38. The highest BCUT2D eigenvalue weighted by Crippen LogP contribution is 2.22. The van der Waals surface area contributed by atoms with Crippen LogP contribution >= 0.6 is 0 Å². The fourth-order valence-electron chi connectivity index (χ4n) is 1.58. The average molecular weight is 265 g/mol. The summed E-state index contributed by atoms with van der Waals surface area (Å²) in [4.78, 5) is 0. The van der Waals surface area contributed by atoms with Gasteiger partial charge in [0.05, 0.1) is 18.5 Å². The molecular formula is C13H16FN3O2. The van der Waals surface area contributed by atoms with Gasteiger partial charge in [0.15, 0.2) is 11.6 Å². The molecule has 0 amide bonds. The van der Waals surface area contributed by atoms with Gasteiger partial charge in [0, 0.05) is 6.07 Å². The standard InChI is InChI=1S/C13H16FN3O2/c1-4-19-11-6-5-9(7-10(11)14)17-8-12(15-16-17)13(2,3)18/h5-8,18H,4H2,1-3H3. The van der Waals surface area contributed by atoms with Crippen LogP contribution in [-0.2, 0) is 5.60 Å². The maximum absolute atomic E-state index is 13.7. The largest absolute Gasteiger partial charge is 0.491 e. The lowest BCUT2D eigenvalue weighted by atomic mass is 10.1. The molecule has 102 valence electrons. The van der Waals surface area contributed by atoms with E-state index in [1.54, 1.807) is 39.1 Å². The highest BCUT2D eigenvalue weighted by atomic mass is 19.1. The van der Waals surface area contributed by atoms with Crippen molar-refractivity contribution in [2.45, 2.75) is 26.4 Å². The second kappa shape index (κ2) is 4.97. The van der Waals surface area contributed by atoms with Crippen molar-refractivity contribution < 1.29 is 14.2 Å². The summed E-state index contributed by atoms with van der Waals surface area (Å²) in [7, 11) is 0. The number of nitrogens with zero attached hydrogens (tertiary/aromatic N) is 3. The van der Waals surface area contributed by atoms with E-state index in [0.29, 0.717) is 18.0 Å². The van der Waals surface area contributed by atoms with Gasteiger partial charge in [0.25, 0.3) is 0 Å². The summed E-state index contributed by atoms with van der Waals surface area (Å²) < 4.78 is 20.3. The second-order valence-corrected chi connectivity index (χ2v) is 4.66. The minimum Gasteiger partial charge on any atom is -0.491 e. The lowest BCUT2D eigenvalue weighted by Gasteiger charge is -2.11. The molecule has 1 aromatic carbocycles. The lowest BCUT2D eigenvalue weighted by molar-refractivity contribution is 0.0737. The molecule has 0 atom stereocenters. The third-order valence-electron chi connectivity index (χ3n) is 2.60. The normalized spacial score (nSPS) is 11.6. The molecule has 1 heterocycles. The lowest BCUT2D eigenvalue weighted by Crippen LogP contribution is -2.15. The Kier molecular flexibility index (Phi) is 3.53. The van der Waals surface area contributed by atoms with Gasteiger partial charge in [-0.05, 0) is 32.9 Å². The first-order valence-electron chi connectivity index (χ1n) is 5.99. The van der Waals surface area contributed by atoms with Crippen LogP contribution in [-0.4, -0.2) is 26.7 Å². The van der Waals surface area contributed by atoms with Crippen molar-refractivity contribution in [1.82, 2.24) is 15.0 Å². The molecule has 0 aliphatic carbocycles. The van der Waals surface area contributed by atoms with Crippen molar-refractivity contribution in [2.24, 2.45) is 0 Å². The van der Waals surface area contributed by atoms with E-state index in [4.69, 9.17) is 4.74 Å². The van der Waals surface area contributed by atoms with E-state index in [2.05, 4.69) is 10.3 Å². The van der Waals surface area contributed by atoms with Crippen molar-refractivity contribution in [1.29, 1.82) is 0 Å². The van der Waals surface area contributed by atoms with Crippen molar-refractivity contribution in [3.8, 4) is 11.4 Å². The Morgan fingerprint density at radius 3 is 2.68 bits per heavy atom. The summed E-state index contributed by atoms with van der Waals surface area (Å²) in [6.45, 7) is 5.42. The van der Waals surface area contributed by atoms with Gasteiger partial charge in [-0.3, -0.25) is 0 Å². The maximum atomic E-state index is 13.7. The zero-order chi connectivity index (χ0) is 14.0. The van der Waals surface area contributed by atoms with Gasteiger partial charge in [0.1, 0.15) is 11.3 Å². The Hall–Kier alpha value is -1.95. The summed E-state index contributed by atoms with van der Waals surface area (Å²) in [6, 6.07) is 4.53. The van der Waals surface area contributed by atoms with Crippen LogP contribution in [0.4, 0.5) is 4.39 Å². The van der Waals surface area contributed by atoms with Crippen LogP contribution in [0.15, 0.2) is 24.4 Å². The minimum absolute atomic E-state index is 0.203. The molecule has 0 aliphatic rings. The Morgan fingerprint density at radius 1 is 1.42 bits per heavy atom. The third kappa shape index (κ3) is 2.90. The second-order valence-electron chi connectivity index (χ2n) is 4.66. The number of rotatable bonds is 4. The van der Waals surface area contributed by atoms with E-state index < -0.39 is 11.4 Å². The van der Waals surface area contributed by atoms with Gasteiger partial charge in [-0.15, -0.1) is 5.10 Å². The van der Waals surface area contributed by atoms with Crippen molar-refractivity contribution in [2.75, 3.05) is 6.61 Å². The zero-order valence-electron chi connectivity index (χ0n) is 11.1. The molecule has 19 heavy (non-hydrogen) atoms. The van der Waals surface area contributed by atoms with Crippen LogP contribution in [0.3, 0.4) is 0 Å². The summed E-state index contributed by atoms with van der Waals surface area (Å²) in [5.41, 5.74) is -0.145. The summed E-state index contributed by atoms with van der Waals surface area (Å²) in [5.74, 6) is -0.256. The molecule has 2 rings (SSSR count). The molecule has 0 spiro atoms. The molecule has 0 unspecified atom stereocenters. The topological polar surface area (TPSA) is 60.2 Å². The van der Waals surface area contributed by atoms with Crippen LogP contribution in [0.2, 0.25) is 0 Å². The molecule has 0 radical (unpaired) electrons. The monoisotopic (exact) mass is 265 g/mol. The molecule has 6 heteroatoms. The van der Waals surface area contributed by atoms with Crippen LogP contribution < -0.4 is 4.74 Å². The number of hydrogen-bond donors (Lipinski definition) is 1. The van der Waals surface area contributed by atoms with E-state index in [0.717, 1.165) is 0 Å². The van der Waals surface area contributed by atoms with E-state index in [1.807, 2.05) is 0 Å². The van der Waals surface area contributed by atoms with Gasteiger partial charge in [-0.1, -0.05) is 5.21 Å². The van der Waals surface area contributed by atoms with Crippen LogP contribution in [0.1, 0.15) is 26.5 Å². The van der Waals surface area contributed by atoms with E-state index in [9.17, 15) is 9.50 Å². The van der Waals surface area contributed by atoms with Crippen LogP contribution in [0, 0.1) is 5.82 Å². The van der Waals surface area contributed by atoms with Gasteiger partial charge in [-0.2, -0.15) is 0 Å². The molecule has 0 saturated carbocycles. The average Bonchev–Trinajstić information content (AvgIpc) is 2.81. The quantitative estimate of drug-likeness (QED) is 0.919. The van der Waals surface area contributed by atoms with Gasteiger partial charge < -0.3 is 9.84 Å². The Balaban J connectivity index is 2.32. The smallest absolute Gasteiger partial charge is 0.167 e. The molecule has 0 aliphatic heterocycles. The Morgan fingerprint density at radius 2 is 2.16 bits per heavy atom. The first kappa shape index (κ1) is 13.5. The van der Waals surface area contributed by atoms with E-state index >= 15 is 0 Å². The molecule has 1 N–H and O–H groups in total. The molecule has 0 fully saturated rings. The predicted molar refractivity (Wildman–Crippen MR) is 67.7 cm³/mol.